The topological polar surface area (TPSA) is 99.8 Å². The number of aromatic amines is 1. The van der Waals surface area contributed by atoms with Crippen molar-refractivity contribution in [2.24, 2.45) is 0 Å². The summed E-state index contributed by atoms with van der Waals surface area (Å²) in [7, 11) is 0. The lowest BCUT2D eigenvalue weighted by atomic mass is 10.1. The first-order chi connectivity index (χ1) is 10.3. The smallest absolute Gasteiger partial charge is 0.151 e. The Morgan fingerprint density at radius 3 is 2.95 bits per heavy atom. The number of nitrogens with two attached hydrogens (primary N) is 1. The number of H-pyrrole nitrogens is 1. The maximum atomic E-state index is 9.45. The van der Waals surface area contributed by atoms with E-state index in [0.29, 0.717) is 12.4 Å². The summed E-state index contributed by atoms with van der Waals surface area (Å²) in [5.41, 5.74) is 8.47. The Kier molecular flexibility index (Phi) is 5.95. The molecule has 1 atom stereocenters. The minimum atomic E-state index is 0.131. The maximum absolute atomic E-state index is 9.45. The van der Waals surface area contributed by atoms with E-state index in [1.54, 1.807) is 0 Å². The fourth-order valence-corrected chi connectivity index (χ4v) is 2.48. The summed E-state index contributed by atoms with van der Waals surface area (Å²) < 4.78 is 0. The van der Waals surface area contributed by atoms with Crippen molar-refractivity contribution >= 4 is 16.9 Å². The summed E-state index contributed by atoms with van der Waals surface area (Å²) >= 11 is 0. The van der Waals surface area contributed by atoms with Crippen molar-refractivity contribution in [3.8, 4) is 0 Å². The molecule has 0 saturated heterocycles. The highest BCUT2D eigenvalue weighted by molar-refractivity contribution is 5.86. The van der Waals surface area contributed by atoms with Crippen LogP contribution in [0.25, 0.3) is 11.0 Å². The number of nitrogens with zero attached hydrogens (tertiary/aromatic N) is 2. The molecule has 0 amide bonds. The van der Waals surface area contributed by atoms with Crippen molar-refractivity contribution < 1.29 is 5.11 Å². The molecule has 0 aromatic carbocycles. The van der Waals surface area contributed by atoms with Crippen molar-refractivity contribution in [1.29, 1.82) is 0 Å². The van der Waals surface area contributed by atoms with Gasteiger partial charge in [0, 0.05) is 24.3 Å². The largest absolute Gasteiger partial charge is 0.395 e. The lowest BCUT2D eigenvalue weighted by Crippen LogP contribution is -2.31. The van der Waals surface area contributed by atoms with E-state index in [0.717, 1.165) is 29.4 Å². The second-order valence-corrected chi connectivity index (χ2v) is 5.41. The molecule has 0 aliphatic heterocycles. The molecule has 0 unspecified atom stereocenters. The average molecular weight is 291 g/mol. The first kappa shape index (κ1) is 15.7. The Bertz CT molecular complexity index is 554. The summed E-state index contributed by atoms with van der Waals surface area (Å²) in [4.78, 5) is 11.3. The molecular formula is C15H25N5O. The monoisotopic (exact) mass is 291 g/mol. The van der Waals surface area contributed by atoms with E-state index in [2.05, 4.69) is 27.2 Å². The van der Waals surface area contributed by atoms with Gasteiger partial charge in [-0.25, -0.2) is 9.97 Å². The Morgan fingerprint density at radius 1 is 1.33 bits per heavy atom. The van der Waals surface area contributed by atoms with Crippen LogP contribution in [0.4, 0.5) is 5.82 Å². The van der Waals surface area contributed by atoms with E-state index in [1.165, 1.54) is 25.6 Å². The molecule has 0 aliphatic rings. The number of nitrogens with one attached hydrogen (secondary N) is 2. The number of aliphatic hydroxyl groups excluding tert-OH is 1. The van der Waals surface area contributed by atoms with Gasteiger partial charge in [0.15, 0.2) is 5.82 Å². The van der Waals surface area contributed by atoms with Crippen molar-refractivity contribution in [3.05, 3.63) is 18.1 Å². The van der Waals surface area contributed by atoms with Crippen LogP contribution in [0, 0.1) is 0 Å². The number of unbranched alkanes of at least 4 members (excludes halogenated alkanes) is 3. The lowest BCUT2D eigenvalue weighted by molar-refractivity contribution is 0.232. The van der Waals surface area contributed by atoms with Gasteiger partial charge >= 0.3 is 0 Å². The highest BCUT2D eigenvalue weighted by Crippen LogP contribution is 2.19. The highest BCUT2D eigenvalue weighted by Gasteiger charge is 2.11. The summed E-state index contributed by atoms with van der Waals surface area (Å²) in [6, 6.07) is 0.131. The number of anilines is 1. The second-order valence-electron chi connectivity index (χ2n) is 5.41. The van der Waals surface area contributed by atoms with Crippen molar-refractivity contribution in [3.63, 3.8) is 0 Å². The van der Waals surface area contributed by atoms with Gasteiger partial charge in [0.1, 0.15) is 11.8 Å². The molecule has 21 heavy (non-hydrogen) atoms. The van der Waals surface area contributed by atoms with Gasteiger partial charge in [0.25, 0.3) is 0 Å². The first-order valence-electron chi connectivity index (χ1n) is 7.67. The second kappa shape index (κ2) is 7.95. The minimum Gasteiger partial charge on any atom is -0.395 e. The van der Waals surface area contributed by atoms with E-state index in [9.17, 15) is 5.11 Å². The summed E-state index contributed by atoms with van der Waals surface area (Å²) in [5, 5.41) is 12.8. The van der Waals surface area contributed by atoms with Gasteiger partial charge in [0.05, 0.1) is 12.1 Å². The van der Waals surface area contributed by atoms with Crippen LogP contribution < -0.4 is 11.1 Å². The van der Waals surface area contributed by atoms with Crippen LogP contribution >= 0.6 is 0 Å². The molecular weight excluding hydrogens is 266 g/mol. The van der Waals surface area contributed by atoms with E-state index < -0.39 is 0 Å². The number of nitrogen functional groups attached to an aromatic ring is 1. The average Bonchev–Trinajstić information content (AvgIpc) is 2.91. The number of hydrogen-bond acceptors (Lipinski definition) is 5. The molecule has 0 aliphatic carbocycles. The summed E-state index contributed by atoms with van der Waals surface area (Å²) in [6.07, 6.45) is 9.23. The van der Waals surface area contributed by atoms with Gasteiger partial charge in [0.2, 0.25) is 0 Å². The zero-order chi connectivity index (χ0) is 15.1. The minimum absolute atomic E-state index is 0.131. The third kappa shape index (κ3) is 4.15. The van der Waals surface area contributed by atoms with Crippen LogP contribution in [0.3, 0.4) is 0 Å². The van der Waals surface area contributed by atoms with Gasteiger partial charge in [-0.3, -0.25) is 0 Å². The summed E-state index contributed by atoms with van der Waals surface area (Å²) in [6.45, 7) is 3.02. The fraction of sp³-hybridized carbons (Fsp3) is 0.600. The van der Waals surface area contributed by atoms with Crippen LogP contribution in [0.5, 0.6) is 0 Å². The SMILES string of the molecule is CCCCCC[C@@H](CO)NCc1c[nH]c2c(N)ncnc12. The molecule has 0 spiro atoms. The van der Waals surface area contributed by atoms with Gasteiger partial charge in [-0.2, -0.15) is 0 Å². The summed E-state index contributed by atoms with van der Waals surface area (Å²) in [5.74, 6) is 0.463. The van der Waals surface area contributed by atoms with E-state index >= 15 is 0 Å². The predicted octanol–water partition coefficient (Wildman–Crippen LogP) is 1.96. The molecule has 0 bridgehead atoms. The van der Waals surface area contributed by atoms with Gasteiger partial charge in [-0.1, -0.05) is 32.6 Å². The standard InChI is InChI=1S/C15H25N5O/c1-2-3-4-5-6-12(9-21)17-7-11-8-18-14-13(11)19-10-20-15(14)16/h8,10,12,17-18,21H,2-7,9H2,1H3,(H2,16,19,20)/t12-/m0/s1. The van der Waals surface area contributed by atoms with Gasteiger partial charge in [-0.05, 0) is 6.42 Å². The molecule has 0 fully saturated rings. The molecule has 6 heteroatoms. The Morgan fingerprint density at radius 2 is 2.19 bits per heavy atom. The van der Waals surface area contributed by atoms with Crippen LogP contribution in [-0.2, 0) is 6.54 Å². The maximum Gasteiger partial charge on any atom is 0.151 e. The quantitative estimate of drug-likeness (QED) is 0.529. The normalized spacial score (nSPS) is 12.9. The fourth-order valence-electron chi connectivity index (χ4n) is 2.48. The van der Waals surface area contributed by atoms with E-state index in [-0.39, 0.29) is 12.6 Å². The highest BCUT2D eigenvalue weighted by atomic mass is 16.3. The molecule has 2 aromatic rings. The number of fused-ring (bicyclic) bond motifs is 1. The van der Waals surface area contributed by atoms with E-state index in [4.69, 9.17) is 5.73 Å². The number of aliphatic hydroxyl groups is 1. The van der Waals surface area contributed by atoms with Crippen LogP contribution in [-0.4, -0.2) is 32.7 Å². The van der Waals surface area contributed by atoms with E-state index in [1.807, 2.05) is 6.20 Å². The Balaban J connectivity index is 1.89. The third-order valence-electron chi connectivity index (χ3n) is 3.78. The Hall–Kier alpha value is -1.66. The zero-order valence-corrected chi connectivity index (χ0v) is 12.6. The molecule has 0 radical (unpaired) electrons. The first-order valence-corrected chi connectivity index (χ1v) is 7.67. The predicted molar refractivity (Wildman–Crippen MR) is 84.8 cm³/mol. The molecule has 2 heterocycles. The van der Waals surface area contributed by atoms with Crippen LogP contribution in [0.1, 0.15) is 44.6 Å². The van der Waals surface area contributed by atoms with Crippen molar-refractivity contribution in [1.82, 2.24) is 20.3 Å². The third-order valence-corrected chi connectivity index (χ3v) is 3.78. The molecule has 5 N–H and O–H groups in total. The lowest BCUT2D eigenvalue weighted by Gasteiger charge is -2.15. The van der Waals surface area contributed by atoms with Crippen LogP contribution in [0.15, 0.2) is 12.5 Å². The van der Waals surface area contributed by atoms with Gasteiger partial charge < -0.3 is 21.1 Å². The molecule has 116 valence electrons. The van der Waals surface area contributed by atoms with Crippen molar-refractivity contribution in [2.45, 2.75) is 51.6 Å². The van der Waals surface area contributed by atoms with Gasteiger partial charge in [-0.15, -0.1) is 0 Å². The number of hydrogen-bond donors (Lipinski definition) is 4. The number of rotatable bonds is 9. The molecule has 6 nitrogen and oxygen atoms in total. The molecule has 2 aromatic heterocycles. The Labute approximate surface area is 125 Å². The van der Waals surface area contributed by atoms with Crippen molar-refractivity contribution in [2.75, 3.05) is 12.3 Å². The molecule has 0 saturated carbocycles. The number of aromatic nitrogens is 3. The zero-order valence-electron chi connectivity index (χ0n) is 12.6. The van der Waals surface area contributed by atoms with Crippen LogP contribution in [0.2, 0.25) is 0 Å². The molecule has 2 rings (SSSR count).